The summed E-state index contributed by atoms with van der Waals surface area (Å²) in [4.78, 5) is 17.7. The zero-order valence-electron chi connectivity index (χ0n) is 13.0. The summed E-state index contributed by atoms with van der Waals surface area (Å²) in [6, 6.07) is 5.48. The molecule has 1 amide bonds. The van der Waals surface area contributed by atoms with Crippen LogP contribution in [0, 0.1) is 0 Å². The van der Waals surface area contributed by atoms with Crippen molar-refractivity contribution < 1.29 is 14.1 Å². The maximum Gasteiger partial charge on any atom is 0.315 e. The predicted molar refractivity (Wildman–Crippen MR) is 88.1 cm³/mol. The molecule has 128 valence electrons. The fourth-order valence-electron chi connectivity index (χ4n) is 2.48. The molecule has 1 aromatic heterocycles. The van der Waals surface area contributed by atoms with Crippen molar-refractivity contribution in [1.82, 2.24) is 20.4 Å². The summed E-state index contributed by atoms with van der Waals surface area (Å²) >= 11 is 12.0. The minimum absolute atomic E-state index is 0.0400. The summed E-state index contributed by atoms with van der Waals surface area (Å²) in [7, 11) is 1.51. The number of nitrogens with zero attached hydrogens (tertiary/aromatic N) is 3. The highest BCUT2D eigenvalue weighted by molar-refractivity contribution is 6.42. The van der Waals surface area contributed by atoms with Crippen LogP contribution in [0.15, 0.2) is 22.7 Å². The zero-order valence-corrected chi connectivity index (χ0v) is 14.5. The molecule has 0 aliphatic carbocycles. The Hall–Kier alpha value is -1.67. The minimum Gasteiger partial charge on any atom is -0.371 e. The number of halogens is 2. The molecule has 1 saturated heterocycles. The number of carbonyl (C=O) groups excluding carboxylic acids is 1. The fourth-order valence-corrected chi connectivity index (χ4v) is 2.78. The van der Waals surface area contributed by atoms with Crippen molar-refractivity contribution in [2.24, 2.45) is 0 Å². The predicted octanol–water partition coefficient (Wildman–Crippen LogP) is 2.31. The first-order valence-electron chi connectivity index (χ1n) is 7.40. The molecule has 9 heteroatoms. The van der Waals surface area contributed by atoms with Crippen molar-refractivity contribution in [3.8, 4) is 0 Å². The lowest BCUT2D eigenvalue weighted by molar-refractivity contribution is -0.0338. The molecular weight excluding hydrogens is 355 g/mol. The van der Waals surface area contributed by atoms with Gasteiger partial charge in [0.25, 0.3) is 0 Å². The number of benzene rings is 1. The second kappa shape index (κ2) is 7.48. The average Bonchev–Trinajstić information content (AvgIpc) is 3.05. The largest absolute Gasteiger partial charge is 0.371 e. The number of carbonyl (C=O) groups is 1. The van der Waals surface area contributed by atoms with Gasteiger partial charge in [-0.05, 0) is 17.7 Å². The highest BCUT2D eigenvalue weighted by atomic mass is 35.5. The molecule has 1 atom stereocenters. The number of morpholine rings is 1. The van der Waals surface area contributed by atoms with Crippen LogP contribution >= 0.6 is 23.2 Å². The SMILES string of the molecule is CNC(=O)c1nc(CN2CCOC(c3ccc(Cl)c(Cl)c3)C2)no1. The Morgan fingerprint density at radius 1 is 1.42 bits per heavy atom. The van der Waals surface area contributed by atoms with E-state index in [0.29, 0.717) is 35.6 Å². The van der Waals surface area contributed by atoms with Crippen LogP contribution in [0.4, 0.5) is 0 Å². The third-order valence-corrected chi connectivity index (χ3v) is 4.46. The maximum atomic E-state index is 11.5. The molecule has 1 aromatic carbocycles. The molecule has 2 heterocycles. The summed E-state index contributed by atoms with van der Waals surface area (Å²) in [5.41, 5.74) is 0.966. The van der Waals surface area contributed by atoms with E-state index in [2.05, 4.69) is 20.4 Å². The first kappa shape index (κ1) is 17.2. The quantitative estimate of drug-likeness (QED) is 0.889. The van der Waals surface area contributed by atoms with Gasteiger partial charge in [0.1, 0.15) is 0 Å². The molecule has 7 nitrogen and oxygen atoms in total. The average molecular weight is 371 g/mol. The molecule has 1 N–H and O–H groups in total. The van der Waals surface area contributed by atoms with Crippen LogP contribution in [0.2, 0.25) is 10.0 Å². The van der Waals surface area contributed by atoms with Gasteiger partial charge in [0, 0.05) is 20.1 Å². The summed E-state index contributed by atoms with van der Waals surface area (Å²) in [6.45, 7) is 2.44. The Morgan fingerprint density at radius 3 is 3.00 bits per heavy atom. The van der Waals surface area contributed by atoms with Gasteiger partial charge in [-0.15, -0.1) is 0 Å². The third-order valence-electron chi connectivity index (χ3n) is 3.72. The molecule has 0 saturated carbocycles. The summed E-state index contributed by atoms with van der Waals surface area (Å²) in [6.07, 6.45) is -0.112. The van der Waals surface area contributed by atoms with Gasteiger partial charge in [0.15, 0.2) is 5.82 Å². The lowest BCUT2D eigenvalue weighted by Crippen LogP contribution is -2.38. The van der Waals surface area contributed by atoms with Crippen molar-refractivity contribution in [2.45, 2.75) is 12.6 Å². The minimum atomic E-state index is -0.399. The standard InChI is InChI=1S/C15H16Cl2N4O3/c1-18-14(22)15-19-13(20-24-15)8-21-4-5-23-12(7-21)9-2-3-10(16)11(17)6-9/h2-3,6,12H,4-5,7-8H2,1H3,(H,18,22). The fraction of sp³-hybridized carbons (Fsp3) is 0.400. The van der Waals surface area contributed by atoms with Gasteiger partial charge in [-0.25, -0.2) is 0 Å². The van der Waals surface area contributed by atoms with Crippen LogP contribution in [0.3, 0.4) is 0 Å². The van der Waals surface area contributed by atoms with Crippen LogP contribution in [0.25, 0.3) is 0 Å². The van der Waals surface area contributed by atoms with Crippen LogP contribution in [0.1, 0.15) is 28.2 Å². The first-order valence-corrected chi connectivity index (χ1v) is 8.16. The third kappa shape index (κ3) is 3.87. The van der Waals surface area contributed by atoms with Gasteiger partial charge in [0.2, 0.25) is 0 Å². The van der Waals surface area contributed by atoms with E-state index in [1.54, 1.807) is 6.07 Å². The topological polar surface area (TPSA) is 80.5 Å². The van der Waals surface area contributed by atoms with Crippen molar-refractivity contribution in [2.75, 3.05) is 26.7 Å². The number of aromatic nitrogens is 2. The lowest BCUT2D eigenvalue weighted by atomic mass is 10.1. The molecule has 0 spiro atoms. The summed E-state index contributed by atoms with van der Waals surface area (Å²) in [5, 5.41) is 7.30. The molecule has 24 heavy (non-hydrogen) atoms. The number of hydrogen-bond donors (Lipinski definition) is 1. The van der Waals surface area contributed by atoms with E-state index in [4.69, 9.17) is 32.5 Å². The Morgan fingerprint density at radius 2 is 2.25 bits per heavy atom. The highest BCUT2D eigenvalue weighted by Crippen LogP contribution is 2.29. The van der Waals surface area contributed by atoms with Crippen LogP contribution in [-0.4, -0.2) is 47.7 Å². The van der Waals surface area contributed by atoms with Gasteiger partial charge >= 0.3 is 11.8 Å². The van der Waals surface area contributed by atoms with Gasteiger partial charge in [-0.3, -0.25) is 9.69 Å². The van der Waals surface area contributed by atoms with Gasteiger partial charge in [-0.1, -0.05) is 34.4 Å². The molecule has 3 rings (SSSR count). The Balaban J connectivity index is 1.66. The van der Waals surface area contributed by atoms with Gasteiger partial charge < -0.3 is 14.6 Å². The molecular formula is C15H16Cl2N4O3. The Bertz CT molecular complexity index is 737. The first-order chi connectivity index (χ1) is 11.6. The van der Waals surface area contributed by atoms with Gasteiger partial charge in [-0.2, -0.15) is 4.98 Å². The van der Waals surface area contributed by atoms with Crippen LogP contribution in [-0.2, 0) is 11.3 Å². The van der Waals surface area contributed by atoms with E-state index in [9.17, 15) is 4.79 Å². The summed E-state index contributed by atoms with van der Waals surface area (Å²) < 4.78 is 10.8. The van der Waals surface area contributed by atoms with E-state index in [-0.39, 0.29) is 12.0 Å². The maximum absolute atomic E-state index is 11.5. The molecule has 0 radical (unpaired) electrons. The van der Waals surface area contributed by atoms with Crippen LogP contribution < -0.4 is 5.32 Å². The number of nitrogens with one attached hydrogen (secondary N) is 1. The van der Waals surface area contributed by atoms with E-state index in [1.807, 2.05) is 12.1 Å². The number of hydrogen-bond acceptors (Lipinski definition) is 6. The molecule has 1 aliphatic rings. The van der Waals surface area contributed by atoms with Crippen molar-refractivity contribution >= 4 is 29.1 Å². The monoisotopic (exact) mass is 370 g/mol. The van der Waals surface area contributed by atoms with E-state index in [0.717, 1.165) is 12.1 Å². The molecule has 1 unspecified atom stereocenters. The smallest absolute Gasteiger partial charge is 0.315 e. The van der Waals surface area contributed by atoms with Crippen molar-refractivity contribution in [1.29, 1.82) is 0 Å². The number of amides is 1. The van der Waals surface area contributed by atoms with E-state index in [1.165, 1.54) is 7.05 Å². The normalized spacial score (nSPS) is 18.5. The van der Waals surface area contributed by atoms with Gasteiger partial charge in [0.05, 0.1) is 29.3 Å². The molecule has 2 aromatic rings. The van der Waals surface area contributed by atoms with E-state index >= 15 is 0 Å². The van der Waals surface area contributed by atoms with Crippen molar-refractivity contribution in [3.63, 3.8) is 0 Å². The Labute approximate surface area is 148 Å². The molecule has 0 bridgehead atoms. The van der Waals surface area contributed by atoms with E-state index < -0.39 is 5.91 Å². The zero-order chi connectivity index (χ0) is 17.1. The number of ether oxygens (including phenoxy) is 1. The number of rotatable bonds is 4. The highest BCUT2D eigenvalue weighted by Gasteiger charge is 2.24. The second-order valence-electron chi connectivity index (χ2n) is 5.36. The second-order valence-corrected chi connectivity index (χ2v) is 6.18. The summed E-state index contributed by atoms with van der Waals surface area (Å²) in [5.74, 6) is 0.0228. The lowest BCUT2D eigenvalue weighted by Gasteiger charge is -2.32. The Kier molecular flexibility index (Phi) is 5.35. The van der Waals surface area contributed by atoms with Crippen molar-refractivity contribution in [3.05, 3.63) is 45.5 Å². The van der Waals surface area contributed by atoms with Crippen LogP contribution in [0.5, 0.6) is 0 Å². The molecule has 1 aliphatic heterocycles. The molecule has 1 fully saturated rings.